The van der Waals surface area contributed by atoms with Gasteiger partial charge in [0.25, 0.3) is 0 Å². The Morgan fingerprint density at radius 2 is 2.06 bits per heavy atom. The molecule has 16 heavy (non-hydrogen) atoms. The van der Waals surface area contributed by atoms with Gasteiger partial charge in [0.05, 0.1) is 25.2 Å². The Hall–Kier alpha value is -1.30. The largest absolute Gasteiger partial charge is 0.493 e. The van der Waals surface area contributed by atoms with Crippen LogP contribution in [0.2, 0.25) is 0 Å². The SMILES string of the molecule is COc1cnccc1N(C(C)C)S(C)(=O)=O. The van der Waals surface area contributed by atoms with Crippen LogP contribution in [0.4, 0.5) is 5.69 Å². The summed E-state index contributed by atoms with van der Waals surface area (Å²) in [6.07, 6.45) is 4.21. The highest BCUT2D eigenvalue weighted by Gasteiger charge is 2.23. The lowest BCUT2D eigenvalue weighted by molar-refractivity contribution is 0.413. The number of pyridine rings is 1. The molecule has 0 unspecified atom stereocenters. The number of methoxy groups -OCH3 is 1. The van der Waals surface area contributed by atoms with E-state index in [2.05, 4.69) is 4.98 Å². The summed E-state index contributed by atoms with van der Waals surface area (Å²) in [5, 5.41) is 0. The van der Waals surface area contributed by atoms with Gasteiger partial charge in [0, 0.05) is 12.2 Å². The van der Waals surface area contributed by atoms with Crippen LogP contribution in [0, 0.1) is 0 Å². The summed E-state index contributed by atoms with van der Waals surface area (Å²) in [5.41, 5.74) is 0.509. The van der Waals surface area contributed by atoms with E-state index in [0.717, 1.165) is 0 Å². The molecule has 90 valence electrons. The van der Waals surface area contributed by atoms with Crippen LogP contribution in [0.25, 0.3) is 0 Å². The van der Waals surface area contributed by atoms with Gasteiger partial charge in [-0.15, -0.1) is 0 Å². The predicted octanol–water partition coefficient (Wildman–Crippen LogP) is 1.26. The zero-order chi connectivity index (χ0) is 12.3. The Bertz CT molecular complexity index is 457. The van der Waals surface area contributed by atoms with Crippen molar-refractivity contribution in [1.29, 1.82) is 0 Å². The lowest BCUT2D eigenvalue weighted by Crippen LogP contribution is -2.36. The van der Waals surface area contributed by atoms with E-state index in [1.54, 1.807) is 26.1 Å². The average Bonchev–Trinajstić information content (AvgIpc) is 2.15. The van der Waals surface area contributed by atoms with Crippen molar-refractivity contribution < 1.29 is 13.2 Å². The molecule has 0 saturated heterocycles. The predicted molar refractivity (Wildman–Crippen MR) is 63.2 cm³/mol. The van der Waals surface area contributed by atoms with Crippen molar-refractivity contribution >= 4 is 15.7 Å². The summed E-state index contributed by atoms with van der Waals surface area (Å²) >= 11 is 0. The van der Waals surface area contributed by atoms with E-state index in [4.69, 9.17) is 4.74 Å². The van der Waals surface area contributed by atoms with Gasteiger partial charge < -0.3 is 4.74 Å². The van der Waals surface area contributed by atoms with Gasteiger partial charge in [-0.2, -0.15) is 0 Å². The van der Waals surface area contributed by atoms with Crippen LogP contribution in [0.1, 0.15) is 13.8 Å². The lowest BCUT2D eigenvalue weighted by Gasteiger charge is -2.27. The van der Waals surface area contributed by atoms with Crippen LogP contribution in [-0.4, -0.2) is 32.8 Å². The van der Waals surface area contributed by atoms with Gasteiger partial charge in [0.1, 0.15) is 0 Å². The Balaban J connectivity index is 3.33. The monoisotopic (exact) mass is 244 g/mol. The van der Waals surface area contributed by atoms with E-state index in [9.17, 15) is 8.42 Å². The maximum Gasteiger partial charge on any atom is 0.232 e. The van der Waals surface area contributed by atoms with Crippen LogP contribution in [0.5, 0.6) is 5.75 Å². The molecule has 1 rings (SSSR count). The van der Waals surface area contributed by atoms with Crippen molar-refractivity contribution in [2.75, 3.05) is 17.7 Å². The minimum atomic E-state index is -3.32. The fourth-order valence-corrected chi connectivity index (χ4v) is 2.83. The molecule has 1 aromatic rings. The van der Waals surface area contributed by atoms with Crippen molar-refractivity contribution in [2.45, 2.75) is 19.9 Å². The Kier molecular flexibility index (Phi) is 3.74. The Labute approximate surface area is 96.1 Å². The summed E-state index contributed by atoms with van der Waals surface area (Å²) in [6, 6.07) is 1.45. The highest BCUT2D eigenvalue weighted by molar-refractivity contribution is 7.92. The van der Waals surface area contributed by atoms with Crippen molar-refractivity contribution in [3.05, 3.63) is 18.5 Å². The van der Waals surface area contributed by atoms with Gasteiger partial charge in [-0.3, -0.25) is 9.29 Å². The first-order valence-corrected chi connectivity index (χ1v) is 6.70. The third-order valence-corrected chi connectivity index (χ3v) is 3.38. The Morgan fingerprint density at radius 1 is 1.44 bits per heavy atom. The van der Waals surface area contributed by atoms with Gasteiger partial charge in [0.15, 0.2) is 5.75 Å². The normalized spacial score (nSPS) is 11.6. The molecule has 0 amide bonds. The van der Waals surface area contributed by atoms with Crippen molar-refractivity contribution in [3.63, 3.8) is 0 Å². The minimum absolute atomic E-state index is 0.175. The molecule has 0 aliphatic carbocycles. The quantitative estimate of drug-likeness (QED) is 0.800. The van der Waals surface area contributed by atoms with Crippen LogP contribution < -0.4 is 9.04 Å². The second-order valence-electron chi connectivity index (χ2n) is 3.70. The summed E-state index contributed by atoms with van der Waals surface area (Å²) in [7, 11) is -1.84. The number of rotatable bonds is 4. The van der Waals surface area contributed by atoms with E-state index in [1.807, 2.05) is 0 Å². The van der Waals surface area contributed by atoms with Gasteiger partial charge in [-0.1, -0.05) is 0 Å². The van der Waals surface area contributed by atoms with Crippen molar-refractivity contribution in [1.82, 2.24) is 4.98 Å². The van der Waals surface area contributed by atoms with Crippen molar-refractivity contribution in [2.24, 2.45) is 0 Å². The molecule has 0 aromatic carbocycles. The third kappa shape index (κ3) is 2.63. The number of aromatic nitrogens is 1. The molecule has 0 fully saturated rings. The van der Waals surface area contributed by atoms with Gasteiger partial charge in [0.2, 0.25) is 10.0 Å². The second-order valence-corrected chi connectivity index (χ2v) is 5.56. The van der Waals surface area contributed by atoms with Crippen LogP contribution >= 0.6 is 0 Å². The van der Waals surface area contributed by atoms with E-state index in [-0.39, 0.29) is 6.04 Å². The number of hydrogen-bond donors (Lipinski definition) is 0. The molecule has 0 N–H and O–H groups in total. The standard InChI is InChI=1S/C10H16N2O3S/c1-8(2)12(16(4,13)14)9-5-6-11-7-10(9)15-3/h5-8H,1-4H3. The summed E-state index contributed by atoms with van der Waals surface area (Å²) in [5.74, 6) is 0.446. The number of anilines is 1. The number of sulfonamides is 1. The molecule has 0 saturated carbocycles. The zero-order valence-electron chi connectivity index (χ0n) is 9.84. The summed E-state index contributed by atoms with van der Waals surface area (Å²) in [6.45, 7) is 3.61. The average molecular weight is 244 g/mol. The molecular weight excluding hydrogens is 228 g/mol. The molecule has 0 atom stereocenters. The van der Waals surface area contributed by atoms with E-state index in [0.29, 0.717) is 11.4 Å². The van der Waals surface area contributed by atoms with Crippen LogP contribution in [0.3, 0.4) is 0 Å². The highest BCUT2D eigenvalue weighted by Crippen LogP contribution is 2.29. The molecule has 0 aliphatic rings. The van der Waals surface area contributed by atoms with E-state index in [1.165, 1.54) is 23.9 Å². The van der Waals surface area contributed by atoms with Gasteiger partial charge in [-0.25, -0.2) is 8.42 Å². The maximum atomic E-state index is 11.7. The molecule has 5 nitrogen and oxygen atoms in total. The van der Waals surface area contributed by atoms with E-state index < -0.39 is 10.0 Å². The fourth-order valence-electron chi connectivity index (χ4n) is 1.55. The molecule has 1 aromatic heterocycles. The Morgan fingerprint density at radius 3 is 2.50 bits per heavy atom. The maximum absolute atomic E-state index is 11.7. The first kappa shape index (κ1) is 12.8. The third-order valence-electron chi connectivity index (χ3n) is 2.05. The second kappa shape index (κ2) is 4.69. The van der Waals surface area contributed by atoms with Gasteiger partial charge in [-0.05, 0) is 19.9 Å². The van der Waals surface area contributed by atoms with Gasteiger partial charge >= 0.3 is 0 Å². The number of hydrogen-bond acceptors (Lipinski definition) is 4. The van der Waals surface area contributed by atoms with E-state index >= 15 is 0 Å². The molecule has 1 heterocycles. The van der Waals surface area contributed by atoms with Crippen LogP contribution in [0.15, 0.2) is 18.5 Å². The molecule has 6 heteroatoms. The fraction of sp³-hybridized carbons (Fsp3) is 0.500. The molecular formula is C10H16N2O3S. The van der Waals surface area contributed by atoms with Crippen LogP contribution in [-0.2, 0) is 10.0 Å². The highest BCUT2D eigenvalue weighted by atomic mass is 32.2. The van der Waals surface area contributed by atoms with Crippen molar-refractivity contribution in [3.8, 4) is 5.75 Å². The molecule has 0 bridgehead atoms. The molecule has 0 radical (unpaired) electrons. The number of ether oxygens (including phenoxy) is 1. The first-order chi connectivity index (χ1) is 7.38. The lowest BCUT2D eigenvalue weighted by atomic mass is 10.3. The smallest absolute Gasteiger partial charge is 0.232 e. The molecule has 0 spiro atoms. The zero-order valence-corrected chi connectivity index (χ0v) is 10.7. The number of nitrogens with zero attached hydrogens (tertiary/aromatic N) is 2. The topological polar surface area (TPSA) is 59.5 Å². The minimum Gasteiger partial charge on any atom is -0.493 e. The molecule has 0 aliphatic heterocycles. The summed E-state index contributed by atoms with van der Waals surface area (Å²) in [4.78, 5) is 3.89. The first-order valence-electron chi connectivity index (χ1n) is 4.85. The summed E-state index contributed by atoms with van der Waals surface area (Å²) < 4.78 is 29.8.